The molecule has 4 nitrogen and oxygen atoms in total. The van der Waals surface area contributed by atoms with Gasteiger partial charge in [0.1, 0.15) is 5.75 Å². The van der Waals surface area contributed by atoms with Crippen molar-refractivity contribution in [3.8, 4) is 5.75 Å². The highest BCUT2D eigenvalue weighted by molar-refractivity contribution is 5.99. The van der Waals surface area contributed by atoms with E-state index in [0.29, 0.717) is 6.54 Å². The first-order chi connectivity index (χ1) is 7.13. The van der Waals surface area contributed by atoms with Crippen molar-refractivity contribution in [2.24, 2.45) is 5.73 Å². The number of rotatable bonds is 1. The first-order valence-electron chi connectivity index (χ1n) is 4.90. The number of carbonyl (C=O) groups excluding carboxylic acids is 1. The Morgan fingerprint density at radius 1 is 1.53 bits per heavy atom. The molecule has 4 heteroatoms. The molecule has 15 heavy (non-hydrogen) atoms. The van der Waals surface area contributed by atoms with Crippen molar-refractivity contribution in [3.05, 3.63) is 23.8 Å². The van der Waals surface area contributed by atoms with Crippen molar-refractivity contribution in [1.82, 2.24) is 0 Å². The van der Waals surface area contributed by atoms with Crippen molar-refractivity contribution in [3.63, 3.8) is 0 Å². The maximum atomic E-state index is 11.7. The van der Waals surface area contributed by atoms with Crippen molar-refractivity contribution >= 4 is 11.6 Å². The fourth-order valence-electron chi connectivity index (χ4n) is 1.68. The van der Waals surface area contributed by atoms with Crippen LogP contribution in [0.15, 0.2) is 18.2 Å². The molecule has 0 spiro atoms. The normalized spacial score (nSPS) is 19.8. The predicted octanol–water partition coefficient (Wildman–Crippen LogP) is 0.889. The minimum atomic E-state index is -0.411. The zero-order valence-corrected chi connectivity index (χ0v) is 8.86. The summed E-state index contributed by atoms with van der Waals surface area (Å²) in [6, 6.07) is 5.66. The van der Waals surface area contributed by atoms with Crippen molar-refractivity contribution in [2.75, 3.05) is 11.9 Å². The van der Waals surface area contributed by atoms with E-state index in [1.54, 1.807) is 18.9 Å². The number of ether oxygens (including phenoxy) is 1. The molecule has 1 aromatic carbocycles. The third-order valence-corrected chi connectivity index (χ3v) is 2.60. The molecule has 2 N–H and O–H groups in total. The lowest BCUT2D eigenvalue weighted by Gasteiger charge is -2.30. The molecule has 1 aromatic rings. The zero-order valence-electron chi connectivity index (χ0n) is 8.86. The van der Waals surface area contributed by atoms with E-state index < -0.39 is 6.10 Å². The number of nitrogens with two attached hydrogens (primary N) is 1. The molecular weight excluding hydrogens is 192 g/mol. The molecule has 0 aromatic heterocycles. The first-order valence-corrected chi connectivity index (χ1v) is 4.90. The van der Waals surface area contributed by atoms with Crippen LogP contribution in [0.5, 0.6) is 5.75 Å². The molecule has 2 rings (SSSR count). The van der Waals surface area contributed by atoms with Gasteiger partial charge in [0.2, 0.25) is 0 Å². The van der Waals surface area contributed by atoms with Crippen LogP contribution in [0.1, 0.15) is 12.5 Å². The summed E-state index contributed by atoms with van der Waals surface area (Å²) in [6.07, 6.45) is -0.411. The number of hydrogen-bond donors (Lipinski definition) is 1. The molecule has 1 unspecified atom stereocenters. The van der Waals surface area contributed by atoms with E-state index in [1.165, 1.54) is 0 Å². The molecule has 0 saturated heterocycles. The summed E-state index contributed by atoms with van der Waals surface area (Å²) in [7, 11) is 1.75. The number of hydrogen-bond acceptors (Lipinski definition) is 3. The number of carbonyl (C=O) groups is 1. The van der Waals surface area contributed by atoms with Gasteiger partial charge in [-0.15, -0.1) is 0 Å². The fraction of sp³-hybridized carbons (Fsp3) is 0.364. The van der Waals surface area contributed by atoms with E-state index >= 15 is 0 Å². The molecule has 1 amide bonds. The van der Waals surface area contributed by atoms with E-state index in [2.05, 4.69) is 0 Å². The summed E-state index contributed by atoms with van der Waals surface area (Å²) in [5.74, 6) is 0.707. The van der Waals surface area contributed by atoms with Crippen molar-refractivity contribution < 1.29 is 9.53 Å². The first kappa shape index (κ1) is 9.98. The molecule has 80 valence electrons. The highest BCUT2D eigenvalue weighted by Gasteiger charge is 2.28. The Morgan fingerprint density at radius 3 is 2.93 bits per heavy atom. The van der Waals surface area contributed by atoms with Gasteiger partial charge in [-0.05, 0) is 24.6 Å². The van der Waals surface area contributed by atoms with Crippen LogP contribution in [0.25, 0.3) is 0 Å². The molecule has 0 radical (unpaired) electrons. The topological polar surface area (TPSA) is 55.6 Å². The Hall–Kier alpha value is -1.55. The lowest BCUT2D eigenvalue weighted by Crippen LogP contribution is -2.42. The number of fused-ring (bicyclic) bond motifs is 1. The molecule has 0 bridgehead atoms. The van der Waals surface area contributed by atoms with Crippen LogP contribution >= 0.6 is 0 Å². The van der Waals surface area contributed by atoms with Crippen LogP contribution in [0.3, 0.4) is 0 Å². The maximum Gasteiger partial charge on any atom is 0.267 e. The van der Waals surface area contributed by atoms with Gasteiger partial charge in [0.05, 0.1) is 5.69 Å². The Bertz CT molecular complexity index is 404. The van der Waals surface area contributed by atoms with Gasteiger partial charge < -0.3 is 15.4 Å². The highest BCUT2D eigenvalue weighted by atomic mass is 16.5. The average Bonchev–Trinajstić information content (AvgIpc) is 2.26. The van der Waals surface area contributed by atoms with Gasteiger partial charge in [0, 0.05) is 13.6 Å². The molecule has 0 saturated carbocycles. The second-order valence-electron chi connectivity index (χ2n) is 3.66. The molecule has 1 aliphatic rings. The second-order valence-corrected chi connectivity index (χ2v) is 3.66. The fourth-order valence-corrected chi connectivity index (χ4v) is 1.68. The summed E-state index contributed by atoms with van der Waals surface area (Å²) < 4.78 is 5.48. The largest absolute Gasteiger partial charge is 0.479 e. The molecule has 0 fully saturated rings. The number of likely N-dealkylation sites (N-methyl/N-ethyl adjacent to an activating group) is 1. The lowest BCUT2D eigenvalue weighted by molar-refractivity contribution is -0.125. The standard InChI is InChI=1S/C11H14N2O2/c1-7-11(14)13(2)9-5-8(6-12)3-4-10(9)15-7/h3-5,7H,6,12H2,1-2H3. The maximum absolute atomic E-state index is 11.7. The van der Waals surface area contributed by atoms with E-state index in [9.17, 15) is 4.79 Å². The Morgan fingerprint density at radius 2 is 2.27 bits per heavy atom. The minimum absolute atomic E-state index is 0.0309. The van der Waals surface area contributed by atoms with Crippen LogP contribution in [-0.2, 0) is 11.3 Å². The van der Waals surface area contributed by atoms with E-state index in [0.717, 1.165) is 17.0 Å². The SMILES string of the molecule is CC1Oc2ccc(CN)cc2N(C)C1=O. The monoisotopic (exact) mass is 206 g/mol. The quantitative estimate of drug-likeness (QED) is 0.742. The van der Waals surface area contributed by atoms with Crippen LogP contribution in [0, 0.1) is 0 Å². The average molecular weight is 206 g/mol. The third-order valence-electron chi connectivity index (χ3n) is 2.60. The highest BCUT2D eigenvalue weighted by Crippen LogP contribution is 2.33. The van der Waals surface area contributed by atoms with Crippen LogP contribution in [0.4, 0.5) is 5.69 Å². The minimum Gasteiger partial charge on any atom is -0.479 e. The van der Waals surface area contributed by atoms with Gasteiger partial charge in [0.15, 0.2) is 6.10 Å². The Kier molecular flexibility index (Phi) is 2.36. The number of nitrogens with zero attached hydrogens (tertiary/aromatic N) is 1. The third kappa shape index (κ3) is 1.57. The van der Waals surface area contributed by atoms with Crippen LogP contribution in [0.2, 0.25) is 0 Å². The molecule has 1 atom stereocenters. The Balaban J connectivity index is 2.47. The smallest absolute Gasteiger partial charge is 0.267 e. The second kappa shape index (κ2) is 3.55. The van der Waals surface area contributed by atoms with Gasteiger partial charge in [0.25, 0.3) is 5.91 Å². The molecule has 1 aliphatic heterocycles. The Labute approximate surface area is 88.6 Å². The lowest BCUT2D eigenvalue weighted by atomic mass is 10.1. The molecule has 1 heterocycles. The number of amides is 1. The zero-order chi connectivity index (χ0) is 11.0. The van der Waals surface area contributed by atoms with E-state index in [-0.39, 0.29) is 5.91 Å². The van der Waals surface area contributed by atoms with Crippen molar-refractivity contribution in [2.45, 2.75) is 19.6 Å². The summed E-state index contributed by atoms with van der Waals surface area (Å²) in [6.45, 7) is 2.21. The molecular formula is C11H14N2O2. The summed E-state index contributed by atoms with van der Waals surface area (Å²) >= 11 is 0. The van der Waals surface area contributed by atoms with Crippen LogP contribution in [-0.4, -0.2) is 19.1 Å². The summed E-state index contributed by atoms with van der Waals surface area (Å²) in [4.78, 5) is 13.3. The predicted molar refractivity (Wildman–Crippen MR) is 57.8 cm³/mol. The van der Waals surface area contributed by atoms with Crippen molar-refractivity contribution in [1.29, 1.82) is 0 Å². The van der Waals surface area contributed by atoms with Gasteiger partial charge in [-0.2, -0.15) is 0 Å². The number of anilines is 1. The van der Waals surface area contributed by atoms with Gasteiger partial charge in [-0.1, -0.05) is 6.07 Å². The van der Waals surface area contributed by atoms with Crippen LogP contribution < -0.4 is 15.4 Å². The van der Waals surface area contributed by atoms with Gasteiger partial charge >= 0.3 is 0 Å². The molecule has 0 aliphatic carbocycles. The summed E-state index contributed by atoms with van der Waals surface area (Å²) in [5, 5.41) is 0. The van der Waals surface area contributed by atoms with Gasteiger partial charge in [-0.25, -0.2) is 0 Å². The van der Waals surface area contributed by atoms with E-state index in [1.807, 2.05) is 18.2 Å². The number of benzene rings is 1. The van der Waals surface area contributed by atoms with E-state index in [4.69, 9.17) is 10.5 Å². The van der Waals surface area contributed by atoms with Gasteiger partial charge in [-0.3, -0.25) is 4.79 Å². The summed E-state index contributed by atoms with van der Waals surface area (Å²) in [5.41, 5.74) is 7.33.